The highest BCUT2D eigenvalue weighted by Gasteiger charge is 2.15. The molecule has 3 aromatic rings. The summed E-state index contributed by atoms with van der Waals surface area (Å²) in [6.45, 7) is 1.59. The van der Waals surface area contributed by atoms with Gasteiger partial charge in [-0.1, -0.05) is 0 Å². The van der Waals surface area contributed by atoms with Gasteiger partial charge in [0.2, 0.25) is 5.91 Å². The number of aromatic nitrogens is 4. The fourth-order valence-electron chi connectivity index (χ4n) is 1.93. The third-order valence-corrected chi connectivity index (χ3v) is 3.84. The average Bonchev–Trinajstić information content (AvgIpc) is 3.21. The molecule has 9 heteroatoms. The second-order valence-corrected chi connectivity index (χ2v) is 5.51. The fraction of sp³-hybridized carbons (Fsp3) is 0.231. The number of furan rings is 1. The number of carbonyl (C=O) groups excluding carboxylic acids is 1. The molecule has 0 aliphatic carbocycles. The van der Waals surface area contributed by atoms with Gasteiger partial charge in [0.25, 0.3) is 0 Å². The number of thiophene rings is 1. The number of carbonyl (C=O) groups is 1. The van der Waals surface area contributed by atoms with Crippen molar-refractivity contribution in [3.05, 3.63) is 52.2 Å². The van der Waals surface area contributed by atoms with Crippen LogP contribution in [0, 0.1) is 0 Å². The van der Waals surface area contributed by atoms with Crippen LogP contribution >= 0.6 is 11.3 Å². The second-order valence-electron chi connectivity index (χ2n) is 4.59. The van der Waals surface area contributed by atoms with Gasteiger partial charge in [-0.15, -0.1) is 11.3 Å². The molecule has 3 rings (SSSR count). The maximum Gasteiger partial charge on any atom is 0.369 e. The first-order valence-corrected chi connectivity index (χ1v) is 7.42. The Bertz CT molecular complexity index is 803. The molecular formula is C13H13N5O3S. The van der Waals surface area contributed by atoms with E-state index in [0.29, 0.717) is 10.8 Å². The molecule has 0 spiro atoms. The Labute approximate surface area is 129 Å². The van der Waals surface area contributed by atoms with Crippen molar-refractivity contribution >= 4 is 17.2 Å². The molecule has 0 aliphatic rings. The number of hydrogen-bond acceptors (Lipinski definition) is 6. The van der Waals surface area contributed by atoms with Gasteiger partial charge in [0.05, 0.1) is 12.3 Å². The number of tetrazole rings is 1. The van der Waals surface area contributed by atoms with Gasteiger partial charge < -0.3 is 9.73 Å². The minimum absolute atomic E-state index is 0.199. The van der Waals surface area contributed by atoms with Crippen molar-refractivity contribution in [3.8, 4) is 5.00 Å². The van der Waals surface area contributed by atoms with E-state index in [1.54, 1.807) is 25.1 Å². The third kappa shape index (κ3) is 2.84. The molecule has 8 nitrogen and oxygen atoms in total. The second kappa shape index (κ2) is 5.98. The van der Waals surface area contributed by atoms with Crippen molar-refractivity contribution in [2.75, 3.05) is 0 Å². The first-order valence-electron chi connectivity index (χ1n) is 6.54. The minimum atomic E-state index is -0.455. The third-order valence-electron chi connectivity index (χ3n) is 3.00. The number of rotatable bonds is 5. The summed E-state index contributed by atoms with van der Waals surface area (Å²) < 4.78 is 7.39. The maximum atomic E-state index is 12.1. The zero-order valence-electron chi connectivity index (χ0n) is 11.7. The summed E-state index contributed by atoms with van der Waals surface area (Å²) in [5, 5.41) is 12.7. The van der Waals surface area contributed by atoms with Crippen LogP contribution in [0.15, 0.2) is 45.1 Å². The maximum absolute atomic E-state index is 12.1. The van der Waals surface area contributed by atoms with E-state index in [1.165, 1.54) is 17.6 Å². The van der Waals surface area contributed by atoms with Gasteiger partial charge in [-0.25, -0.2) is 4.79 Å². The minimum Gasteiger partial charge on any atom is -0.467 e. The first kappa shape index (κ1) is 14.3. The molecule has 0 radical (unpaired) electrons. The normalized spacial score (nSPS) is 12.2. The van der Waals surface area contributed by atoms with E-state index in [1.807, 2.05) is 11.4 Å². The molecule has 1 amide bonds. The van der Waals surface area contributed by atoms with Crippen molar-refractivity contribution in [1.82, 2.24) is 25.1 Å². The lowest BCUT2D eigenvalue weighted by atomic mass is 10.2. The van der Waals surface area contributed by atoms with Crippen LogP contribution in [0.4, 0.5) is 0 Å². The molecule has 22 heavy (non-hydrogen) atoms. The summed E-state index contributed by atoms with van der Waals surface area (Å²) in [7, 11) is 0. The summed E-state index contributed by atoms with van der Waals surface area (Å²) in [5.74, 6) is 0.298. The molecule has 0 fully saturated rings. The van der Waals surface area contributed by atoms with Gasteiger partial charge in [-0.2, -0.15) is 9.36 Å². The van der Waals surface area contributed by atoms with Crippen LogP contribution in [0.1, 0.15) is 18.7 Å². The lowest BCUT2D eigenvalue weighted by Gasteiger charge is -2.10. The predicted octanol–water partition coefficient (Wildman–Crippen LogP) is 0.961. The van der Waals surface area contributed by atoms with Gasteiger partial charge in [-0.05, 0) is 47.0 Å². The molecule has 0 saturated carbocycles. The molecular weight excluding hydrogens is 306 g/mol. The summed E-state index contributed by atoms with van der Waals surface area (Å²) in [6, 6.07) is 6.79. The van der Waals surface area contributed by atoms with Gasteiger partial charge >= 0.3 is 5.69 Å². The number of nitrogens with one attached hydrogen (secondary N) is 1. The van der Waals surface area contributed by atoms with Crippen LogP contribution in [-0.2, 0) is 11.3 Å². The van der Waals surface area contributed by atoms with Gasteiger partial charge in [-0.3, -0.25) is 4.79 Å². The topological polar surface area (TPSA) is 95.0 Å². The zero-order chi connectivity index (χ0) is 15.5. The van der Waals surface area contributed by atoms with Crippen LogP contribution in [0.2, 0.25) is 0 Å². The van der Waals surface area contributed by atoms with E-state index >= 15 is 0 Å². The van der Waals surface area contributed by atoms with E-state index in [9.17, 15) is 9.59 Å². The Morgan fingerprint density at radius 2 is 2.27 bits per heavy atom. The zero-order valence-corrected chi connectivity index (χ0v) is 12.5. The van der Waals surface area contributed by atoms with Gasteiger partial charge in [0, 0.05) is 0 Å². The Kier molecular flexibility index (Phi) is 3.88. The van der Waals surface area contributed by atoms with E-state index in [2.05, 4.69) is 15.7 Å². The molecule has 0 aromatic carbocycles. The standard InChI is InChI=1S/C13H13N5O3S/c1-9(10-4-2-6-21-10)14-11(19)8-17-13(20)18(16-15-17)12-5-3-7-22-12/h2-7,9H,8H2,1H3,(H,14,19)/t9-/m0/s1. The lowest BCUT2D eigenvalue weighted by Crippen LogP contribution is -2.34. The molecule has 0 unspecified atom stereocenters. The van der Waals surface area contributed by atoms with Crippen LogP contribution in [0.25, 0.3) is 5.00 Å². The van der Waals surface area contributed by atoms with Crippen molar-refractivity contribution in [2.24, 2.45) is 0 Å². The monoisotopic (exact) mass is 319 g/mol. The van der Waals surface area contributed by atoms with E-state index in [0.717, 1.165) is 9.36 Å². The van der Waals surface area contributed by atoms with Crippen molar-refractivity contribution in [3.63, 3.8) is 0 Å². The summed E-state index contributed by atoms with van der Waals surface area (Å²) >= 11 is 1.37. The molecule has 0 aliphatic heterocycles. The SMILES string of the molecule is C[C@H](NC(=O)Cn1nnn(-c2cccs2)c1=O)c1ccco1. The highest BCUT2D eigenvalue weighted by atomic mass is 32.1. The van der Waals surface area contributed by atoms with Crippen molar-refractivity contribution in [2.45, 2.75) is 19.5 Å². The Morgan fingerprint density at radius 1 is 1.41 bits per heavy atom. The smallest absolute Gasteiger partial charge is 0.369 e. The Balaban J connectivity index is 1.69. The van der Waals surface area contributed by atoms with E-state index in [-0.39, 0.29) is 18.5 Å². The number of amides is 1. The molecule has 1 atom stereocenters. The Morgan fingerprint density at radius 3 is 2.95 bits per heavy atom. The summed E-state index contributed by atoms with van der Waals surface area (Å²) in [4.78, 5) is 24.1. The van der Waals surface area contributed by atoms with Gasteiger partial charge in [0.15, 0.2) is 0 Å². The van der Waals surface area contributed by atoms with E-state index in [4.69, 9.17) is 4.42 Å². The average molecular weight is 319 g/mol. The largest absolute Gasteiger partial charge is 0.467 e. The predicted molar refractivity (Wildman–Crippen MR) is 78.8 cm³/mol. The van der Waals surface area contributed by atoms with Crippen molar-refractivity contribution in [1.29, 1.82) is 0 Å². The summed E-state index contributed by atoms with van der Waals surface area (Å²) in [5.41, 5.74) is -0.455. The highest BCUT2D eigenvalue weighted by molar-refractivity contribution is 7.12. The number of nitrogens with zero attached hydrogens (tertiary/aromatic N) is 4. The van der Waals surface area contributed by atoms with Crippen LogP contribution in [0.5, 0.6) is 0 Å². The Hall–Kier alpha value is -2.68. The number of hydrogen-bond donors (Lipinski definition) is 1. The van der Waals surface area contributed by atoms with Crippen LogP contribution < -0.4 is 11.0 Å². The fourth-order valence-corrected chi connectivity index (χ4v) is 2.60. The molecule has 0 bridgehead atoms. The van der Waals surface area contributed by atoms with Crippen LogP contribution in [0.3, 0.4) is 0 Å². The van der Waals surface area contributed by atoms with E-state index < -0.39 is 5.69 Å². The van der Waals surface area contributed by atoms with Crippen LogP contribution in [-0.4, -0.2) is 25.7 Å². The molecule has 1 N–H and O–H groups in total. The van der Waals surface area contributed by atoms with Gasteiger partial charge in [0.1, 0.15) is 17.3 Å². The van der Waals surface area contributed by atoms with Crippen molar-refractivity contribution < 1.29 is 9.21 Å². The quantitative estimate of drug-likeness (QED) is 0.756. The molecule has 3 heterocycles. The highest BCUT2D eigenvalue weighted by Crippen LogP contribution is 2.12. The molecule has 114 valence electrons. The molecule has 3 aromatic heterocycles. The molecule has 0 saturated heterocycles. The first-order chi connectivity index (χ1) is 10.6. The summed E-state index contributed by atoms with van der Waals surface area (Å²) in [6.07, 6.45) is 1.54. The lowest BCUT2D eigenvalue weighted by molar-refractivity contribution is -0.122.